The number of nitrogens with two attached hydrogens (primary N) is 1. The molecule has 0 radical (unpaired) electrons. The van der Waals surface area contributed by atoms with E-state index in [9.17, 15) is 0 Å². The van der Waals surface area contributed by atoms with Gasteiger partial charge in [0.15, 0.2) is 0 Å². The molecular weight excluding hydrogens is 146 g/mol. The Morgan fingerprint density at radius 1 is 1.33 bits per heavy atom. The van der Waals surface area contributed by atoms with E-state index in [2.05, 4.69) is 24.4 Å². The van der Waals surface area contributed by atoms with Crippen LogP contribution < -0.4 is 5.73 Å². The molecule has 0 saturated carbocycles. The second kappa shape index (κ2) is 4.42. The van der Waals surface area contributed by atoms with E-state index in [0.29, 0.717) is 0 Å². The summed E-state index contributed by atoms with van der Waals surface area (Å²) in [6, 6.07) is 10.3. The first-order chi connectivity index (χ1) is 5.83. The molecule has 0 spiro atoms. The van der Waals surface area contributed by atoms with E-state index in [1.165, 1.54) is 5.56 Å². The topological polar surface area (TPSA) is 26.0 Å². The molecule has 0 unspecified atom stereocenters. The van der Waals surface area contributed by atoms with Crippen LogP contribution in [0.1, 0.15) is 12.0 Å². The zero-order chi connectivity index (χ0) is 8.81. The molecule has 0 aliphatic rings. The van der Waals surface area contributed by atoms with Crippen molar-refractivity contribution in [1.82, 2.24) is 0 Å². The number of rotatable bonds is 3. The zero-order valence-electron chi connectivity index (χ0n) is 7.09. The number of hydrogen-bond donors (Lipinski definition) is 1. The molecule has 0 amide bonds. The van der Waals surface area contributed by atoms with Crippen LogP contribution in [0.2, 0.25) is 0 Å². The van der Waals surface area contributed by atoms with Crippen LogP contribution >= 0.6 is 0 Å². The molecule has 1 rings (SSSR count). The van der Waals surface area contributed by atoms with Crippen LogP contribution in [-0.2, 0) is 6.42 Å². The van der Waals surface area contributed by atoms with Gasteiger partial charge in [-0.05, 0) is 18.4 Å². The van der Waals surface area contributed by atoms with Crippen LogP contribution in [0, 0.1) is 0 Å². The predicted octanol–water partition coefficient (Wildman–Crippen LogP) is 2.25. The first-order valence-electron chi connectivity index (χ1n) is 4.01. The van der Waals surface area contributed by atoms with Crippen LogP contribution in [0.25, 0.3) is 0 Å². The van der Waals surface area contributed by atoms with E-state index in [1.54, 1.807) is 0 Å². The van der Waals surface area contributed by atoms with Gasteiger partial charge in [-0.2, -0.15) is 0 Å². The molecule has 0 fully saturated rings. The van der Waals surface area contributed by atoms with Crippen LogP contribution in [-0.4, -0.2) is 0 Å². The lowest BCUT2D eigenvalue weighted by Crippen LogP contribution is -1.97. The molecule has 0 aliphatic carbocycles. The van der Waals surface area contributed by atoms with Gasteiger partial charge in [0.2, 0.25) is 0 Å². The first-order valence-corrected chi connectivity index (χ1v) is 4.01. The van der Waals surface area contributed by atoms with Gasteiger partial charge in [0.1, 0.15) is 0 Å². The summed E-state index contributed by atoms with van der Waals surface area (Å²) in [6.45, 7) is 3.49. The largest absolute Gasteiger partial charge is 0.396 e. The highest BCUT2D eigenvalue weighted by molar-refractivity contribution is 5.15. The monoisotopic (exact) mass is 159 g/mol. The molecule has 12 heavy (non-hydrogen) atoms. The van der Waals surface area contributed by atoms with Crippen LogP contribution in [0.5, 0.6) is 0 Å². The highest BCUT2D eigenvalue weighted by Gasteiger charge is 1.92. The Kier molecular flexibility index (Phi) is 3.18. The molecular formula is C11H13N. The van der Waals surface area contributed by atoms with Crippen molar-refractivity contribution in [2.24, 2.45) is 5.73 Å². The van der Waals surface area contributed by atoms with Gasteiger partial charge in [0.25, 0.3) is 0 Å². The third kappa shape index (κ3) is 2.65. The summed E-state index contributed by atoms with van der Waals surface area (Å²) in [5.74, 6) is 0. The molecule has 1 nitrogen and oxygen atoms in total. The average Bonchev–Trinajstić information content (AvgIpc) is 2.16. The van der Waals surface area contributed by atoms with E-state index >= 15 is 0 Å². The summed E-state index contributed by atoms with van der Waals surface area (Å²) in [4.78, 5) is 0. The Bertz CT molecular complexity index is 281. The Hall–Kier alpha value is -1.46. The molecule has 1 aromatic carbocycles. The lowest BCUT2D eigenvalue weighted by molar-refractivity contribution is 0.929. The minimum absolute atomic E-state index is 0.735. The quantitative estimate of drug-likeness (QED) is 0.672. The minimum atomic E-state index is 0.735. The summed E-state index contributed by atoms with van der Waals surface area (Å²) in [5, 5.41) is 0. The molecule has 0 saturated heterocycles. The number of allylic oxidation sites excluding steroid dienone is 1. The molecule has 0 aromatic heterocycles. The van der Waals surface area contributed by atoms with Crippen LogP contribution in [0.3, 0.4) is 0 Å². The maximum atomic E-state index is 5.56. The maximum absolute atomic E-state index is 5.56. The fourth-order valence-electron chi connectivity index (χ4n) is 1.01. The van der Waals surface area contributed by atoms with Crippen LogP contribution in [0.4, 0.5) is 0 Å². The molecule has 2 N–H and O–H groups in total. The van der Waals surface area contributed by atoms with Crippen molar-refractivity contribution in [3.8, 4) is 0 Å². The number of benzene rings is 1. The molecule has 0 bridgehead atoms. The Morgan fingerprint density at radius 3 is 2.58 bits per heavy atom. The summed E-state index contributed by atoms with van der Waals surface area (Å²) in [5.41, 5.74) is 10.3. The minimum Gasteiger partial charge on any atom is -0.396 e. The lowest BCUT2D eigenvalue weighted by atomic mass is 10.1. The SMILES string of the molecule is C=C=C(N)CCc1ccccc1. The molecule has 0 aliphatic heterocycles. The third-order valence-electron chi connectivity index (χ3n) is 1.75. The van der Waals surface area contributed by atoms with Crippen molar-refractivity contribution in [3.63, 3.8) is 0 Å². The number of aryl methyl sites for hydroxylation is 1. The third-order valence-corrected chi connectivity index (χ3v) is 1.75. The van der Waals surface area contributed by atoms with Crippen molar-refractivity contribution in [3.05, 3.63) is 53.9 Å². The molecule has 0 atom stereocenters. The second-order valence-corrected chi connectivity index (χ2v) is 2.69. The molecule has 0 heterocycles. The van der Waals surface area contributed by atoms with Crippen molar-refractivity contribution < 1.29 is 0 Å². The standard InChI is InChI=1S/C11H13N/c1-2-11(12)9-8-10-6-4-3-5-7-10/h3-7H,1,8-9,12H2. The summed E-state index contributed by atoms with van der Waals surface area (Å²) < 4.78 is 0. The summed E-state index contributed by atoms with van der Waals surface area (Å²) in [7, 11) is 0. The van der Waals surface area contributed by atoms with Gasteiger partial charge >= 0.3 is 0 Å². The number of hydrogen-bond acceptors (Lipinski definition) is 1. The van der Waals surface area contributed by atoms with Gasteiger partial charge in [-0.3, -0.25) is 0 Å². The van der Waals surface area contributed by atoms with E-state index in [4.69, 9.17) is 5.73 Å². The summed E-state index contributed by atoms with van der Waals surface area (Å²) in [6.07, 6.45) is 1.81. The Labute approximate surface area is 73.2 Å². The normalized spacial score (nSPS) is 9.00. The lowest BCUT2D eigenvalue weighted by Gasteiger charge is -1.98. The Balaban J connectivity index is 2.49. The zero-order valence-corrected chi connectivity index (χ0v) is 7.09. The van der Waals surface area contributed by atoms with Crippen molar-refractivity contribution in [2.45, 2.75) is 12.8 Å². The maximum Gasteiger partial charge on any atom is 0.0509 e. The predicted molar refractivity (Wildman–Crippen MR) is 51.6 cm³/mol. The van der Waals surface area contributed by atoms with Crippen molar-refractivity contribution in [2.75, 3.05) is 0 Å². The fraction of sp³-hybridized carbons (Fsp3) is 0.182. The van der Waals surface area contributed by atoms with E-state index < -0.39 is 0 Å². The van der Waals surface area contributed by atoms with Gasteiger partial charge in [-0.1, -0.05) is 36.9 Å². The van der Waals surface area contributed by atoms with Gasteiger partial charge in [-0.15, -0.1) is 5.73 Å². The average molecular weight is 159 g/mol. The highest BCUT2D eigenvalue weighted by atomic mass is 14.6. The van der Waals surface area contributed by atoms with Gasteiger partial charge in [0.05, 0.1) is 5.70 Å². The van der Waals surface area contributed by atoms with E-state index in [-0.39, 0.29) is 0 Å². The summed E-state index contributed by atoms with van der Waals surface area (Å²) >= 11 is 0. The van der Waals surface area contributed by atoms with Gasteiger partial charge < -0.3 is 5.73 Å². The Morgan fingerprint density at radius 2 is 2.00 bits per heavy atom. The second-order valence-electron chi connectivity index (χ2n) is 2.69. The molecule has 1 aromatic rings. The van der Waals surface area contributed by atoms with E-state index in [1.807, 2.05) is 18.2 Å². The molecule has 1 heteroatoms. The van der Waals surface area contributed by atoms with Crippen molar-refractivity contribution in [1.29, 1.82) is 0 Å². The fourth-order valence-corrected chi connectivity index (χ4v) is 1.01. The smallest absolute Gasteiger partial charge is 0.0509 e. The first kappa shape index (κ1) is 8.63. The van der Waals surface area contributed by atoms with E-state index in [0.717, 1.165) is 18.5 Å². The van der Waals surface area contributed by atoms with Crippen molar-refractivity contribution >= 4 is 0 Å². The van der Waals surface area contributed by atoms with Gasteiger partial charge in [0, 0.05) is 0 Å². The van der Waals surface area contributed by atoms with Crippen LogP contribution in [0.15, 0.2) is 48.3 Å². The van der Waals surface area contributed by atoms with Gasteiger partial charge in [-0.25, -0.2) is 0 Å². The molecule has 62 valence electrons. The highest BCUT2D eigenvalue weighted by Crippen LogP contribution is 2.04.